The second kappa shape index (κ2) is 7.98. The first kappa shape index (κ1) is 19.4. The zero-order valence-corrected chi connectivity index (χ0v) is 13.8. The number of benzene rings is 1. The predicted molar refractivity (Wildman–Crippen MR) is 86.2 cm³/mol. The number of halogens is 4. The summed E-state index contributed by atoms with van der Waals surface area (Å²) in [6.45, 7) is 2.62. The van der Waals surface area contributed by atoms with E-state index in [0.29, 0.717) is 22.1 Å². The van der Waals surface area contributed by atoms with Crippen molar-refractivity contribution in [3.8, 4) is 0 Å². The summed E-state index contributed by atoms with van der Waals surface area (Å²) < 4.78 is 52.1. The molecule has 0 bridgehead atoms. The number of hydrogen-bond acceptors (Lipinski definition) is 3. The molecule has 1 atom stereocenters. The lowest BCUT2D eigenvalue weighted by molar-refractivity contribution is -0.119. The fourth-order valence-corrected chi connectivity index (χ4v) is 2.21. The number of alkyl halides is 4. The van der Waals surface area contributed by atoms with Crippen molar-refractivity contribution in [3.63, 3.8) is 0 Å². The van der Waals surface area contributed by atoms with Gasteiger partial charge in [-0.3, -0.25) is 14.3 Å². The first-order chi connectivity index (χ1) is 12.2. The van der Waals surface area contributed by atoms with Crippen LogP contribution in [0.4, 0.5) is 28.9 Å². The van der Waals surface area contributed by atoms with Crippen molar-refractivity contribution in [1.82, 2.24) is 9.78 Å². The second-order valence-corrected chi connectivity index (χ2v) is 5.46. The average molecular weight is 372 g/mol. The summed E-state index contributed by atoms with van der Waals surface area (Å²) in [7, 11) is 0. The monoisotopic (exact) mass is 372 g/mol. The lowest BCUT2D eigenvalue weighted by atomic mass is 10.2. The van der Waals surface area contributed by atoms with Gasteiger partial charge in [-0.2, -0.15) is 5.10 Å². The van der Waals surface area contributed by atoms with E-state index in [9.17, 15) is 27.2 Å². The molecule has 0 saturated carbocycles. The summed E-state index contributed by atoms with van der Waals surface area (Å²) in [6, 6.07) is 5.42. The zero-order valence-electron chi connectivity index (χ0n) is 13.8. The van der Waals surface area contributed by atoms with Crippen LogP contribution in [-0.2, 0) is 9.59 Å². The molecule has 2 aromatic rings. The van der Waals surface area contributed by atoms with E-state index < -0.39 is 36.2 Å². The van der Waals surface area contributed by atoms with Gasteiger partial charge in [0.1, 0.15) is 17.4 Å². The number of amides is 2. The molecule has 0 aliphatic carbocycles. The molecule has 10 heteroatoms. The number of nitrogens with zero attached hydrogens (tertiary/aromatic N) is 2. The maximum atomic E-state index is 13.0. The molecule has 0 saturated heterocycles. The molecule has 6 nitrogen and oxygen atoms in total. The van der Waals surface area contributed by atoms with E-state index in [1.54, 1.807) is 0 Å². The molecule has 0 aliphatic heterocycles. The number of anilines is 2. The standard InChI is InChI=1S/C16H16F4N4O2/c1-8(24-13(15(19)20)7-12(23-24)14(17)18)16(26)22-11-5-3-10(4-6-11)21-9(2)25/h3-8,14-15H,1-2H3,(H,21,25)(H,22,26). The number of hydrogen-bond donors (Lipinski definition) is 2. The van der Waals surface area contributed by atoms with Gasteiger partial charge in [-0.05, 0) is 37.3 Å². The average Bonchev–Trinajstić information content (AvgIpc) is 3.01. The van der Waals surface area contributed by atoms with Crippen molar-refractivity contribution in [2.45, 2.75) is 32.7 Å². The summed E-state index contributed by atoms with van der Waals surface area (Å²) >= 11 is 0. The lowest BCUT2D eigenvalue weighted by Gasteiger charge is -2.15. The van der Waals surface area contributed by atoms with Gasteiger partial charge in [0, 0.05) is 18.3 Å². The Balaban J connectivity index is 2.15. The minimum absolute atomic E-state index is 0.261. The van der Waals surface area contributed by atoms with Gasteiger partial charge in [0.2, 0.25) is 11.8 Å². The summed E-state index contributed by atoms with van der Waals surface area (Å²) in [5.74, 6) is -0.966. The molecular formula is C16H16F4N4O2. The van der Waals surface area contributed by atoms with Crippen LogP contribution >= 0.6 is 0 Å². The van der Waals surface area contributed by atoms with Crippen LogP contribution in [0.2, 0.25) is 0 Å². The van der Waals surface area contributed by atoms with E-state index in [0.717, 1.165) is 0 Å². The molecule has 1 heterocycles. The van der Waals surface area contributed by atoms with Gasteiger partial charge in [0.05, 0.1) is 0 Å². The topological polar surface area (TPSA) is 76.0 Å². The highest BCUT2D eigenvalue weighted by Crippen LogP contribution is 2.27. The third kappa shape index (κ3) is 4.58. The van der Waals surface area contributed by atoms with Gasteiger partial charge in [-0.25, -0.2) is 17.6 Å². The van der Waals surface area contributed by atoms with Crippen LogP contribution in [0.1, 0.15) is 44.1 Å². The van der Waals surface area contributed by atoms with Crippen LogP contribution in [0.5, 0.6) is 0 Å². The quantitative estimate of drug-likeness (QED) is 0.755. The highest BCUT2D eigenvalue weighted by molar-refractivity contribution is 5.94. The van der Waals surface area contributed by atoms with Crippen molar-refractivity contribution < 1.29 is 27.2 Å². The Labute approximate surface area is 146 Å². The van der Waals surface area contributed by atoms with Crippen molar-refractivity contribution in [3.05, 3.63) is 41.7 Å². The molecule has 2 N–H and O–H groups in total. The highest BCUT2D eigenvalue weighted by atomic mass is 19.3. The van der Waals surface area contributed by atoms with Gasteiger partial charge >= 0.3 is 0 Å². The van der Waals surface area contributed by atoms with Gasteiger partial charge in [-0.15, -0.1) is 0 Å². The van der Waals surface area contributed by atoms with Gasteiger partial charge < -0.3 is 10.6 Å². The molecule has 1 aromatic heterocycles. The van der Waals surface area contributed by atoms with Crippen LogP contribution in [0, 0.1) is 0 Å². The third-order valence-electron chi connectivity index (χ3n) is 3.45. The van der Waals surface area contributed by atoms with E-state index in [-0.39, 0.29) is 5.91 Å². The van der Waals surface area contributed by atoms with E-state index >= 15 is 0 Å². The highest BCUT2D eigenvalue weighted by Gasteiger charge is 2.26. The van der Waals surface area contributed by atoms with E-state index in [1.165, 1.54) is 38.1 Å². The normalized spacial score (nSPS) is 12.3. The van der Waals surface area contributed by atoms with Gasteiger partial charge in [0.15, 0.2) is 0 Å². The number of nitrogens with one attached hydrogen (secondary N) is 2. The summed E-state index contributed by atoms with van der Waals surface area (Å²) in [5, 5.41) is 8.45. The smallest absolute Gasteiger partial charge is 0.282 e. The first-order valence-corrected chi connectivity index (χ1v) is 7.53. The minimum Gasteiger partial charge on any atom is -0.326 e. The largest absolute Gasteiger partial charge is 0.326 e. The predicted octanol–water partition coefficient (Wildman–Crippen LogP) is 3.92. The van der Waals surface area contributed by atoms with Crippen LogP contribution < -0.4 is 10.6 Å². The van der Waals surface area contributed by atoms with Crippen molar-refractivity contribution in [1.29, 1.82) is 0 Å². The minimum atomic E-state index is -3.05. The molecule has 0 aliphatic rings. The molecule has 1 unspecified atom stereocenters. The van der Waals surface area contributed by atoms with Crippen molar-refractivity contribution in [2.75, 3.05) is 10.6 Å². The molecule has 26 heavy (non-hydrogen) atoms. The SMILES string of the molecule is CC(=O)Nc1ccc(NC(=O)C(C)n2nc(C(F)F)cc2C(F)F)cc1. The number of carbonyl (C=O) groups is 2. The van der Waals surface area contributed by atoms with E-state index in [2.05, 4.69) is 15.7 Å². The summed E-state index contributed by atoms with van der Waals surface area (Å²) in [5.41, 5.74) is -0.725. The van der Waals surface area contributed by atoms with Crippen molar-refractivity contribution in [2.24, 2.45) is 0 Å². The van der Waals surface area contributed by atoms with Gasteiger partial charge in [0.25, 0.3) is 12.9 Å². The molecule has 0 fully saturated rings. The Morgan fingerprint density at radius 2 is 1.54 bits per heavy atom. The fourth-order valence-electron chi connectivity index (χ4n) is 2.21. The Kier molecular flexibility index (Phi) is 5.96. The Bertz CT molecular complexity index is 790. The van der Waals surface area contributed by atoms with E-state index in [4.69, 9.17) is 0 Å². The lowest BCUT2D eigenvalue weighted by Crippen LogP contribution is -2.26. The fraction of sp³-hybridized carbons (Fsp3) is 0.312. The first-order valence-electron chi connectivity index (χ1n) is 7.53. The van der Waals surface area contributed by atoms with Crippen LogP contribution in [0.25, 0.3) is 0 Å². The Morgan fingerprint density at radius 3 is 2.00 bits per heavy atom. The van der Waals surface area contributed by atoms with Crippen LogP contribution in [0.15, 0.2) is 30.3 Å². The maximum absolute atomic E-state index is 13.0. The molecule has 2 rings (SSSR count). The maximum Gasteiger partial charge on any atom is 0.282 e. The zero-order chi connectivity index (χ0) is 19.4. The van der Waals surface area contributed by atoms with Gasteiger partial charge in [-0.1, -0.05) is 0 Å². The molecule has 0 spiro atoms. The van der Waals surface area contributed by atoms with E-state index in [1.807, 2.05) is 0 Å². The summed E-state index contributed by atoms with van der Waals surface area (Å²) in [4.78, 5) is 23.2. The van der Waals surface area contributed by atoms with Crippen LogP contribution in [0.3, 0.4) is 0 Å². The number of aromatic nitrogens is 2. The molecule has 140 valence electrons. The van der Waals surface area contributed by atoms with Crippen molar-refractivity contribution >= 4 is 23.2 Å². The molecular weight excluding hydrogens is 356 g/mol. The summed E-state index contributed by atoms with van der Waals surface area (Å²) in [6.07, 6.45) is -6.08. The second-order valence-electron chi connectivity index (χ2n) is 5.46. The Hall–Kier alpha value is -2.91. The number of rotatable bonds is 6. The molecule has 2 amide bonds. The van der Waals surface area contributed by atoms with Crippen LogP contribution in [-0.4, -0.2) is 21.6 Å². The third-order valence-corrected chi connectivity index (χ3v) is 3.45. The number of carbonyl (C=O) groups excluding carboxylic acids is 2. The molecule has 0 radical (unpaired) electrons. The Morgan fingerprint density at radius 1 is 1.00 bits per heavy atom. The molecule has 1 aromatic carbocycles.